The van der Waals surface area contributed by atoms with Crippen LogP contribution in [0.2, 0.25) is 0 Å². The molecule has 1 rings (SSSR count). The number of furan rings is 1. The third-order valence-electron chi connectivity index (χ3n) is 2.50. The molecule has 0 aliphatic carbocycles. The predicted molar refractivity (Wildman–Crippen MR) is 61.1 cm³/mol. The summed E-state index contributed by atoms with van der Waals surface area (Å²) >= 11 is 0. The quantitative estimate of drug-likeness (QED) is 0.806. The molecule has 0 bridgehead atoms. The average molecular weight is 225 g/mol. The Balaban J connectivity index is 2.60. The van der Waals surface area contributed by atoms with E-state index in [0.717, 1.165) is 5.76 Å². The Morgan fingerprint density at radius 2 is 2.25 bits per heavy atom. The molecule has 0 fully saturated rings. The third kappa shape index (κ3) is 3.70. The predicted octanol–water partition coefficient (Wildman–Crippen LogP) is 2.21. The van der Waals surface area contributed by atoms with Crippen LogP contribution in [0.1, 0.15) is 26.0 Å². The number of carbonyl (C=O) groups is 1. The van der Waals surface area contributed by atoms with Crippen LogP contribution in [0.4, 0.5) is 0 Å². The van der Waals surface area contributed by atoms with Crippen molar-refractivity contribution >= 4 is 5.97 Å². The van der Waals surface area contributed by atoms with Gasteiger partial charge in [-0.3, -0.25) is 9.69 Å². The molecule has 16 heavy (non-hydrogen) atoms. The fraction of sp³-hybridized carbons (Fsp3) is 0.583. The lowest BCUT2D eigenvalue weighted by Gasteiger charge is -2.24. The van der Waals surface area contributed by atoms with Crippen molar-refractivity contribution in [3.63, 3.8) is 0 Å². The second-order valence-corrected chi connectivity index (χ2v) is 4.48. The minimum absolute atomic E-state index is 0.361. The standard InChI is InChI=1S/C12H19NO3/c1-9(2)7-11(12(14)15)13(3)8-10-5-4-6-16-10/h4-6,9,11H,7-8H2,1-3H3,(H,14,15)/t11-/m0/s1. The van der Waals surface area contributed by atoms with E-state index in [4.69, 9.17) is 9.52 Å². The summed E-state index contributed by atoms with van der Waals surface area (Å²) in [7, 11) is 1.81. The number of aliphatic carboxylic acids is 1. The van der Waals surface area contributed by atoms with Gasteiger partial charge in [0.05, 0.1) is 12.8 Å². The van der Waals surface area contributed by atoms with Crippen molar-refractivity contribution in [2.24, 2.45) is 5.92 Å². The molecule has 1 heterocycles. The van der Waals surface area contributed by atoms with Gasteiger partial charge in [0, 0.05) is 0 Å². The molecule has 0 aromatic carbocycles. The van der Waals surface area contributed by atoms with Crippen LogP contribution in [0, 0.1) is 5.92 Å². The van der Waals surface area contributed by atoms with E-state index in [9.17, 15) is 4.79 Å². The second kappa shape index (κ2) is 5.70. The lowest BCUT2D eigenvalue weighted by molar-refractivity contribution is -0.143. The maximum atomic E-state index is 11.1. The molecule has 4 heteroatoms. The Kier molecular flexibility index (Phi) is 4.55. The molecule has 0 amide bonds. The number of rotatable bonds is 6. The summed E-state index contributed by atoms with van der Waals surface area (Å²) in [6.45, 7) is 4.57. The van der Waals surface area contributed by atoms with E-state index in [1.807, 2.05) is 27.0 Å². The molecule has 1 aromatic rings. The zero-order chi connectivity index (χ0) is 12.1. The highest BCUT2D eigenvalue weighted by Crippen LogP contribution is 2.14. The van der Waals surface area contributed by atoms with Gasteiger partial charge in [0.2, 0.25) is 0 Å². The molecule has 0 aliphatic rings. The Labute approximate surface area is 95.9 Å². The van der Waals surface area contributed by atoms with Gasteiger partial charge < -0.3 is 9.52 Å². The van der Waals surface area contributed by atoms with Crippen LogP contribution in [-0.4, -0.2) is 29.1 Å². The van der Waals surface area contributed by atoms with Crippen molar-refractivity contribution in [2.45, 2.75) is 32.9 Å². The number of hydrogen-bond acceptors (Lipinski definition) is 3. The highest BCUT2D eigenvalue weighted by molar-refractivity contribution is 5.73. The molecule has 0 spiro atoms. The van der Waals surface area contributed by atoms with Gasteiger partial charge in [0.1, 0.15) is 11.8 Å². The molecule has 0 saturated heterocycles. The summed E-state index contributed by atoms with van der Waals surface area (Å²) in [5.41, 5.74) is 0. The first-order valence-electron chi connectivity index (χ1n) is 5.46. The van der Waals surface area contributed by atoms with Crippen molar-refractivity contribution in [3.8, 4) is 0 Å². The molecule has 1 N–H and O–H groups in total. The average Bonchev–Trinajstić information content (AvgIpc) is 2.65. The van der Waals surface area contributed by atoms with Gasteiger partial charge in [0.15, 0.2) is 0 Å². The van der Waals surface area contributed by atoms with Gasteiger partial charge >= 0.3 is 5.97 Å². The summed E-state index contributed by atoms with van der Waals surface area (Å²) in [6, 6.07) is 3.21. The first-order valence-corrected chi connectivity index (χ1v) is 5.46. The Morgan fingerprint density at radius 1 is 1.56 bits per heavy atom. The Hall–Kier alpha value is -1.29. The first kappa shape index (κ1) is 12.8. The van der Waals surface area contributed by atoms with Crippen LogP contribution in [0.15, 0.2) is 22.8 Å². The fourth-order valence-electron chi connectivity index (χ4n) is 1.67. The summed E-state index contributed by atoms with van der Waals surface area (Å²) in [4.78, 5) is 12.9. The monoisotopic (exact) mass is 225 g/mol. The molecular weight excluding hydrogens is 206 g/mol. The van der Waals surface area contributed by atoms with E-state index in [1.54, 1.807) is 17.2 Å². The number of carboxylic acid groups (broad SMARTS) is 1. The first-order chi connectivity index (χ1) is 7.50. The highest BCUT2D eigenvalue weighted by atomic mass is 16.4. The second-order valence-electron chi connectivity index (χ2n) is 4.48. The Morgan fingerprint density at radius 3 is 2.69 bits per heavy atom. The third-order valence-corrected chi connectivity index (χ3v) is 2.50. The van der Waals surface area contributed by atoms with Crippen LogP contribution >= 0.6 is 0 Å². The van der Waals surface area contributed by atoms with E-state index in [1.165, 1.54) is 0 Å². The summed E-state index contributed by atoms with van der Waals surface area (Å²) in [6.07, 6.45) is 2.24. The zero-order valence-corrected chi connectivity index (χ0v) is 10.0. The van der Waals surface area contributed by atoms with Gasteiger partial charge in [-0.25, -0.2) is 0 Å². The summed E-state index contributed by atoms with van der Waals surface area (Å²) < 4.78 is 5.20. The van der Waals surface area contributed by atoms with Crippen LogP contribution in [0.5, 0.6) is 0 Å². The van der Waals surface area contributed by atoms with Crippen molar-refractivity contribution in [3.05, 3.63) is 24.2 Å². The van der Waals surface area contributed by atoms with E-state index in [2.05, 4.69) is 0 Å². The van der Waals surface area contributed by atoms with E-state index >= 15 is 0 Å². The summed E-state index contributed by atoms with van der Waals surface area (Å²) in [5.74, 6) is 0.375. The zero-order valence-electron chi connectivity index (χ0n) is 10.0. The normalized spacial score (nSPS) is 13.3. The lowest BCUT2D eigenvalue weighted by atomic mass is 10.0. The van der Waals surface area contributed by atoms with Gasteiger partial charge in [-0.2, -0.15) is 0 Å². The number of likely N-dealkylation sites (N-methyl/N-ethyl adjacent to an activating group) is 1. The molecule has 0 saturated carbocycles. The van der Waals surface area contributed by atoms with Crippen molar-refractivity contribution in [2.75, 3.05) is 7.05 Å². The topological polar surface area (TPSA) is 53.7 Å². The number of nitrogens with zero attached hydrogens (tertiary/aromatic N) is 1. The minimum atomic E-state index is -0.775. The smallest absolute Gasteiger partial charge is 0.320 e. The Bertz CT molecular complexity index is 319. The minimum Gasteiger partial charge on any atom is -0.480 e. The largest absolute Gasteiger partial charge is 0.480 e. The van der Waals surface area contributed by atoms with Crippen LogP contribution in [0.25, 0.3) is 0 Å². The number of hydrogen-bond donors (Lipinski definition) is 1. The van der Waals surface area contributed by atoms with E-state index < -0.39 is 12.0 Å². The molecule has 4 nitrogen and oxygen atoms in total. The van der Waals surface area contributed by atoms with Crippen LogP contribution in [0.3, 0.4) is 0 Å². The maximum absolute atomic E-state index is 11.1. The SMILES string of the molecule is CC(C)C[C@@H](C(=O)O)N(C)Cc1ccco1. The molecule has 0 unspecified atom stereocenters. The van der Waals surface area contributed by atoms with E-state index in [0.29, 0.717) is 18.9 Å². The summed E-state index contributed by atoms with van der Waals surface area (Å²) in [5, 5.41) is 9.15. The van der Waals surface area contributed by atoms with Crippen molar-refractivity contribution in [1.82, 2.24) is 4.90 Å². The number of carboxylic acids is 1. The highest BCUT2D eigenvalue weighted by Gasteiger charge is 2.24. The van der Waals surface area contributed by atoms with Gasteiger partial charge in [-0.1, -0.05) is 13.8 Å². The molecule has 1 aromatic heterocycles. The molecular formula is C12H19NO3. The van der Waals surface area contributed by atoms with E-state index in [-0.39, 0.29) is 0 Å². The van der Waals surface area contributed by atoms with Gasteiger partial charge in [0.25, 0.3) is 0 Å². The maximum Gasteiger partial charge on any atom is 0.320 e. The molecule has 90 valence electrons. The van der Waals surface area contributed by atoms with Crippen molar-refractivity contribution in [1.29, 1.82) is 0 Å². The molecule has 1 atom stereocenters. The van der Waals surface area contributed by atoms with Crippen molar-refractivity contribution < 1.29 is 14.3 Å². The van der Waals surface area contributed by atoms with Crippen LogP contribution < -0.4 is 0 Å². The van der Waals surface area contributed by atoms with Gasteiger partial charge in [-0.15, -0.1) is 0 Å². The van der Waals surface area contributed by atoms with Gasteiger partial charge in [-0.05, 0) is 31.5 Å². The van der Waals surface area contributed by atoms with Crippen LogP contribution in [-0.2, 0) is 11.3 Å². The molecule has 0 aliphatic heterocycles. The molecule has 0 radical (unpaired) electrons. The lowest BCUT2D eigenvalue weighted by Crippen LogP contribution is -2.38. The fourth-order valence-corrected chi connectivity index (χ4v) is 1.67.